The molecule has 3 N–H and O–H groups in total. The van der Waals surface area contributed by atoms with Crippen LogP contribution >= 0.6 is 11.8 Å². The van der Waals surface area contributed by atoms with Gasteiger partial charge in [0.15, 0.2) is 0 Å². The summed E-state index contributed by atoms with van der Waals surface area (Å²) in [6, 6.07) is 19.6. The van der Waals surface area contributed by atoms with Crippen molar-refractivity contribution in [1.29, 1.82) is 5.26 Å². The lowest BCUT2D eigenvalue weighted by molar-refractivity contribution is -0.114. The van der Waals surface area contributed by atoms with E-state index >= 15 is 0 Å². The summed E-state index contributed by atoms with van der Waals surface area (Å²) < 4.78 is 16.0. The summed E-state index contributed by atoms with van der Waals surface area (Å²) in [6.07, 6.45) is 1.50. The zero-order chi connectivity index (χ0) is 27.1. The number of ether oxygens (including phenoxy) is 2. The number of allylic oxidation sites excluding steroid dienone is 2. The fourth-order valence-corrected chi connectivity index (χ4v) is 4.87. The number of dihydropyridines is 1. The molecule has 1 aromatic heterocycles. The second kappa shape index (κ2) is 12.1. The Balaban J connectivity index is 1.55. The van der Waals surface area contributed by atoms with E-state index in [9.17, 15) is 14.9 Å². The van der Waals surface area contributed by atoms with Gasteiger partial charge in [-0.1, -0.05) is 17.8 Å². The van der Waals surface area contributed by atoms with Gasteiger partial charge in [0.1, 0.15) is 17.3 Å². The Labute approximate surface area is 224 Å². The summed E-state index contributed by atoms with van der Waals surface area (Å²) in [7, 11) is 3.12. The van der Waals surface area contributed by atoms with Crippen LogP contribution < -0.4 is 25.4 Å². The normalized spacial score (nSPS) is 14.8. The monoisotopic (exact) mass is 530 g/mol. The molecule has 3 aromatic rings. The molecule has 10 heteroatoms. The number of amides is 2. The van der Waals surface area contributed by atoms with Gasteiger partial charge in [0.05, 0.1) is 54.4 Å². The van der Waals surface area contributed by atoms with Crippen LogP contribution in [-0.4, -0.2) is 31.8 Å². The van der Waals surface area contributed by atoms with Crippen LogP contribution in [0.4, 0.5) is 11.4 Å². The number of nitrogens with one attached hydrogen (secondary N) is 3. The number of carbonyl (C=O) groups excluding carboxylic acids is 2. The molecule has 2 aromatic carbocycles. The van der Waals surface area contributed by atoms with Gasteiger partial charge in [-0.15, -0.1) is 0 Å². The van der Waals surface area contributed by atoms with Crippen molar-refractivity contribution < 1.29 is 23.5 Å². The summed E-state index contributed by atoms with van der Waals surface area (Å²) >= 11 is 1.18. The lowest BCUT2D eigenvalue weighted by Crippen LogP contribution is -2.31. The Kier molecular flexibility index (Phi) is 8.40. The van der Waals surface area contributed by atoms with Crippen LogP contribution in [-0.2, 0) is 9.59 Å². The molecule has 0 saturated carbocycles. The molecule has 4 rings (SSSR count). The molecule has 2 amide bonds. The van der Waals surface area contributed by atoms with E-state index in [2.05, 4.69) is 22.0 Å². The molecule has 38 heavy (non-hydrogen) atoms. The summed E-state index contributed by atoms with van der Waals surface area (Å²) in [6.45, 7) is 1.75. The minimum atomic E-state index is -0.751. The molecule has 0 aliphatic carbocycles. The minimum Gasteiger partial charge on any atom is -0.497 e. The summed E-state index contributed by atoms with van der Waals surface area (Å²) in [5.74, 6) is 0.387. The molecule has 0 fully saturated rings. The van der Waals surface area contributed by atoms with Gasteiger partial charge in [0.25, 0.3) is 5.91 Å². The standard InChI is InChI=1S/C28H26N4O5S/c1-17-25(27(34)32-18-9-11-20(35-2)12-10-18)26(23-8-5-13-37-23)22(15-29)28(30-17)38-16-24(33)31-19-6-4-7-21(14-19)36-3/h4-14,26,30H,16H2,1-3H3,(H,31,33)(H,32,34)/t26-/m1/s1. The Morgan fingerprint density at radius 3 is 2.45 bits per heavy atom. The molecule has 1 atom stereocenters. The highest BCUT2D eigenvalue weighted by Gasteiger charge is 2.36. The minimum absolute atomic E-state index is 0.0380. The number of rotatable bonds is 9. The number of hydrogen-bond donors (Lipinski definition) is 3. The van der Waals surface area contributed by atoms with Crippen molar-refractivity contribution in [3.8, 4) is 17.6 Å². The number of carbonyl (C=O) groups is 2. The van der Waals surface area contributed by atoms with Crippen LogP contribution in [0.15, 0.2) is 93.2 Å². The van der Waals surface area contributed by atoms with E-state index in [1.807, 2.05) is 0 Å². The SMILES string of the molecule is COc1ccc(NC(=O)C2=C(C)NC(SCC(=O)Nc3cccc(OC)c3)=C(C#N)[C@@H]2c2ccco2)cc1. The lowest BCUT2D eigenvalue weighted by Gasteiger charge is -2.28. The Hall–Kier alpha value is -4.62. The predicted molar refractivity (Wildman–Crippen MR) is 146 cm³/mol. The van der Waals surface area contributed by atoms with Gasteiger partial charge in [0.2, 0.25) is 5.91 Å². The van der Waals surface area contributed by atoms with Gasteiger partial charge in [-0.3, -0.25) is 9.59 Å². The number of nitriles is 1. The molecule has 1 aliphatic heterocycles. The second-order valence-electron chi connectivity index (χ2n) is 8.22. The predicted octanol–water partition coefficient (Wildman–Crippen LogP) is 5.00. The third-order valence-corrected chi connectivity index (χ3v) is 6.79. The number of methoxy groups -OCH3 is 2. The molecule has 0 bridgehead atoms. The smallest absolute Gasteiger partial charge is 0.254 e. The van der Waals surface area contributed by atoms with E-state index in [4.69, 9.17) is 13.9 Å². The van der Waals surface area contributed by atoms with Gasteiger partial charge in [-0.25, -0.2) is 0 Å². The van der Waals surface area contributed by atoms with Crippen LogP contribution in [0.2, 0.25) is 0 Å². The summed E-state index contributed by atoms with van der Waals surface area (Å²) in [4.78, 5) is 26.1. The topological polar surface area (TPSA) is 126 Å². The number of benzene rings is 2. The molecule has 0 spiro atoms. The van der Waals surface area contributed by atoms with Crippen molar-refractivity contribution in [2.75, 3.05) is 30.6 Å². The average Bonchev–Trinajstić information content (AvgIpc) is 3.46. The highest BCUT2D eigenvalue weighted by molar-refractivity contribution is 8.03. The summed E-state index contributed by atoms with van der Waals surface area (Å²) in [5, 5.41) is 19.5. The first-order chi connectivity index (χ1) is 18.4. The van der Waals surface area contributed by atoms with Gasteiger partial charge < -0.3 is 29.8 Å². The highest BCUT2D eigenvalue weighted by Crippen LogP contribution is 2.41. The first-order valence-corrected chi connectivity index (χ1v) is 12.6. The van der Waals surface area contributed by atoms with Gasteiger partial charge in [-0.2, -0.15) is 5.26 Å². The van der Waals surface area contributed by atoms with Crippen molar-refractivity contribution >= 4 is 35.0 Å². The van der Waals surface area contributed by atoms with Crippen LogP contribution in [0.3, 0.4) is 0 Å². The molecule has 194 valence electrons. The van der Waals surface area contributed by atoms with Crippen molar-refractivity contribution in [2.24, 2.45) is 0 Å². The van der Waals surface area contributed by atoms with Crippen molar-refractivity contribution in [3.05, 3.63) is 94.6 Å². The number of thioether (sulfide) groups is 1. The van der Waals surface area contributed by atoms with Crippen LogP contribution in [0.25, 0.3) is 0 Å². The maximum absolute atomic E-state index is 13.4. The molecule has 1 aliphatic rings. The number of furan rings is 1. The molecular weight excluding hydrogens is 504 g/mol. The fourth-order valence-electron chi connectivity index (χ4n) is 3.98. The van der Waals surface area contributed by atoms with Crippen molar-refractivity contribution in [3.63, 3.8) is 0 Å². The first-order valence-electron chi connectivity index (χ1n) is 11.6. The van der Waals surface area contributed by atoms with E-state index in [1.54, 1.807) is 81.8 Å². The van der Waals surface area contributed by atoms with E-state index in [1.165, 1.54) is 18.0 Å². The molecule has 2 heterocycles. The number of hydrogen-bond acceptors (Lipinski definition) is 8. The third-order valence-electron chi connectivity index (χ3n) is 5.77. The first kappa shape index (κ1) is 26.4. The van der Waals surface area contributed by atoms with E-state index in [0.29, 0.717) is 44.9 Å². The van der Waals surface area contributed by atoms with E-state index in [0.717, 1.165) is 0 Å². The molecule has 9 nitrogen and oxygen atoms in total. The molecule has 0 saturated heterocycles. The zero-order valence-corrected chi connectivity index (χ0v) is 21.8. The van der Waals surface area contributed by atoms with Gasteiger partial charge >= 0.3 is 0 Å². The Bertz CT molecular complexity index is 1420. The molecule has 0 unspecified atom stereocenters. The average molecular weight is 531 g/mol. The van der Waals surface area contributed by atoms with Crippen LogP contribution in [0.5, 0.6) is 11.5 Å². The van der Waals surface area contributed by atoms with Gasteiger partial charge in [0, 0.05) is 23.1 Å². The lowest BCUT2D eigenvalue weighted by atomic mass is 9.85. The van der Waals surface area contributed by atoms with Crippen LogP contribution in [0, 0.1) is 11.3 Å². The highest BCUT2D eigenvalue weighted by atomic mass is 32.2. The molecule has 0 radical (unpaired) electrons. The fraction of sp³-hybridized carbons (Fsp3) is 0.179. The maximum Gasteiger partial charge on any atom is 0.254 e. The quantitative estimate of drug-likeness (QED) is 0.353. The number of anilines is 2. The number of nitrogens with zero attached hydrogens (tertiary/aromatic N) is 1. The Morgan fingerprint density at radius 1 is 1.03 bits per heavy atom. The summed E-state index contributed by atoms with van der Waals surface area (Å²) in [5.41, 5.74) is 2.35. The maximum atomic E-state index is 13.4. The van der Waals surface area contributed by atoms with E-state index in [-0.39, 0.29) is 23.1 Å². The van der Waals surface area contributed by atoms with Crippen molar-refractivity contribution in [1.82, 2.24) is 5.32 Å². The molecular formula is C28H26N4O5S. The van der Waals surface area contributed by atoms with Crippen molar-refractivity contribution in [2.45, 2.75) is 12.8 Å². The van der Waals surface area contributed by atoms with Gasteiger partial charge in [-0.05, 0) is 55.5 Å². The van der Waals surface area contributed by atoms with Crippen LogP contribution in [0.1, 0.15) is 18.6 Å². The Morgan fingerprint density at radius 2 is 1.79 bits per heavy atom. The largest absolute Gasteiger partial charge is 0.497 e. The zero-order valence-electron chi connectivity index (χ0n) is 21.0. The second-order valence-corrected chi connectivity index (χ2v) is 9.20. The van der Waals surface area contributed by atoms with E-state index < -0.39 is 5.92 Å². The third kappa shape index (κ3) is 6.02.